The van der Waals surface area contributed by atoms with Crippen molar-refractivity contribution in [2.75, 3.05) is 5.32 Å². The summed E-state index contributed by atoms with van der Waals surface area (Å²) in [4.78, 5) is 0.856. The first-order chi connectivity index (χ1) is 12.5. The van der Waals surface area contributed by atoms with Crippen LogP contribution in [-0.2, 0) is 6.42 Å². The summed E-state index contributed by atoms with van der Waals surface area (Å²) in [6.07, 6.45) is 4.01. The summed E-state index contributed by atoms with van der Waals surface area (Å²) in [6.45, 7) is 5.95. The summed E-state index contributed by atoms with van der Waals surface area (Å²) in [6, 6.07) is 10.4. The fraction of sp³-hybridized carbons (Fsp3) is 0.105. The van der Waals surface area contributed by atoms with Crippen LogP contribution in [0.5, 0.6) is 0 Å². The molecule has 2 aromatic carbocycles. The molecule has 1 heterocycles. The zero-order valence-corrected chi connectivity index (χ0v) is 15.7. The molecule has 0 aliphatic rings. The third-order valence-electron chi connectivity index (χ3n) is 3.82. The van der Waals surface area contributed by atoms with E-state index in [0.29, 0.717) is 16.3 Å². The van der Waals surface area contributed by atoms with E-state index in [4.69, 9.17) is 16.7 Å². The third-order valence-corrected chi connectivity index (χ3v) is 4.75. The maximum absolute atomic E-state index is 13.9. The molecule has 1 aromatic heterocycles. The molecule has 26 heavy (non-hydrogen) atoms. The van der Waals surface area contributed by atoms with Gasteiger partial charge in [-0.3, -0.25) is 5.14 Å². The molecule has 134 valence electrons. The Morgan fingerprint density at radius 3 is 2.85 bits per heavy atom. The van der Waals surface area contributed by atoms with Crippen molar-refractivity contribution in [3.8, 4) is 5.69 Å². The number of halogens is 2. The van der Waals surface area contributed by atoms with Crippen molar-refractivity contribution >= 4 is 29.2 Å². The van der Waals surface area contributed by atoms with Crippen LogP contribution in [0.15, 0.2) is 66.0 Å². The quantitative estimate of drug-likeness (QED) is 0.576. The molecule has 3 aromatic rings. The molecule has 0 aliphatic heterocycles. The van der Waals surface area contributed by atoms with Gasteiger partial charge in [-0.1, -0.05) is 24.2 Å². The van der Waals surface area contributed by atoms with E-state index < -0.39 is 0 Å². The lowest BCUT2D eigenvalue weighted by molar-refractivity contribution is 0.614. The van der Waals surface area contributed by atoms with Gasteiger partial charge >= 0.3 is 0 Å². The minimum absolute atomic E-state index is 0.288. The Kier molecular flexibility index (Phi) is 5.66. The first-order valence-corrected chi connectivity index (χ1v) is 9.14. The van der Waals surface area contributed by atoms with E-state index in [-0.39, 0.29) is 12.2 Å². The van der Waals surface area contributed by atoms with Gasteiger partial charge in [-0.15, -0.1) is 0 Å². The van der Waals surface area contributed by atoms with Gasteiger partial charge in [-0.05, 0) is 54.8 Å². The number of allylic oxidation sites excluding steroid dienone is 1. The molecular formula is C19H18ClFN4S. The minimum atomic E-state index is -0.344. The highest BCUT2D eigenvalue weighted by Gasteiger charge is 2.11. The predicted molar refractivity (Wildman–Crippen MR) is 106 cm³/mol. The molecule has 0 atom stereocenters. The van der Waals surface area contributed by atoms with Gasteiger partial charge in [0.25, 0.3) is 0 Å². The number of nitrogens with one attached hydrogen (secondary N) is 1. The summed E-state index contributed by atoms with van der Waals surface area (Å²) in [5, 5.41) is 13.7. The van der Waals surface area contributed by atoms with Crippen molar-refractivity contribution in [1.29, 1.82) is 0 Å². The molecule has 7 heteroatoms. The Morgan fingerprint density at radius 1 is 1.38 bits per heavy atom. The largest absolute Gasteiger partial charge is 0.359 e. The highest BCUT2D eigenvalue weighted by Crippen LogP contribution is 2.27. The Bertz CT molecular complexity index is 934. The molecule has 3 rings (SSSR count). The molecule has 0 radical (unpaired) electrons. The number of aryl methyl sites for hydroxylation is 1. The summed E-state index contributed by atoms with van der Waals surface area (Å²) in [5.74, 6) is -0.344. The van der Waals surface area contributed by atoms with Gasteiger partial charge in [-0.25, -0.2) is 9.07 Å². The molecule has 0 unspecified atom stereocenters. The van der Waals surface area contributed by atoms with Gasteiger partial charge in [-0.2, -0.15) is 5.10 Å². The lowest BCUT2D eigenvalue weighted by Gasteiger charge is -2.14. The van der Waals surface area contributed by atoms with E-state index in [0.717, 1.165) is 33.8 Å². The Balaban J connectivity index is 1.79. The van der Waals surface area contributed by atoms with Crippen molar-refractivity contribution in [3.05, 3.63) is 83.0 Å². The zero-order valence-electron chi connectivity index (χ0n) is 14.2. The van der Waals surface area contributed by atoms with E-state index in [1.807, 2.05) is 31.3 Å². The Morgan fingerprint density at radius 2 is 2.19 bits per heavy atom. The fourth-order valence-corrected chi connectivity index (χ4v) is 3.29. The maximum Gasteiger partial charge on any atom is 0.128 e. The molecule has 4 nitrogen and oxygen atoms in total. The van der Waals surface area contributed by atoms with E-state index >= 15 is 0 Å². The van der Waals surface area contributed by atoms with Crippen LogP contribution in [0, 0.1) is 12.7 Å². The van der Waals surface area contributed by atoms with Gasteiger partial charge < -0.3 is 5.32 Å². The van der Waals surface area contributed by atoms with Crippen LogP contribution < -0.4 is 10.5 Å². The maximum atomic E-state index is 13.9. The third kappa shape index (κ3) is 4.09. The van der Waals surface area contributed by atoms with Crippen LogP contribution in [0.1, 0.15) is 11.1 Å². The number of nitrogens with two attached hydrogens (primary N) is 1. The highest BCUT2D eigenvalue weighted by molar-refractivity contribution is 7.97. The highest BCUT2D eigenvalue weighted by atomic mass is 35.5. The second kappa shape index (κ2) is 7.95. The van der Waals surface area contributed by atoms with Crippen molar-refractivity contribution in [1.82, 2.24) is 9.78 Å². The van der Waals surface area contributed by atoms with Gasteiger partial charge in [0.1, 0.15) is 5.82 Å². The topological polar surface area (TPSA) is 55.9 Å². The first-order valence-electron chi connectivity index (χ1n) is 7.88. The smallest absolute Gasteiger partial charge is 0.128 e. The Hall–Kier alpha value is -2.28. The fourth-order valence-electron chi connectivity index (χ4n) is 2.58. The molecule has 0 fully saturated rings. The molecule has 3 N–H and O–H groups in total. The number of benzene rings is 2. The summed E-state index contributed by atoms with van der Waals surface area (Å²) in [5.41, 5.74) is 3.81. The molecule has 0 aliphatic carbocycles. The molecule has 0 saturated heterocycles. The summed E-state index contributed by atoms with van der Waals surface area (Å²) in [7, 11) is 0. The van der Waals surface area contributed by atoms with Crippen molar-refractivity contribution < 1.29 is 4.39 Å². The van der Waals surface area contributed by atoms with Crippen LogP contribution >= 0.6 is 23.5 Å². The zero-order chi connectivity index (χ0) is 18.7. The number of anilines is 1. The number of rotatable bonds is 6. The van der Waals surface area contributed by atoms with E-state index in [2.05, 4.69) is 17.0 Å². The van der Waals surface area contributed by atoms with Gasteiger partial charge in [0.05, 0.1) is 16.8 Å². The van der Waals surface area contributed by atoms with Crippen molar-refractivity contribution in [3.63, 3.8) is 0 Å². The average molecular weight is 389 g/mol. The van der Waals surface area contributed by atoms with Gasteiger partial charge in [0.15, 0.2) is 0 Å². The van der Waals surface area contributed by atoms with Gasteiger partial charge in [0, 0.05) is 34.6 Å². The average Bonchev–Trinajstić information content (AvgIpc) is 3.04. The second-order valence-corrected chi connectivity index (χ2v) is 6.95. The van der Waals surface area contributed by atoms with E-state index in [1.165, 1.54) is 6.07 Å². The molecular weight excluding hydrogens is 371 g/mol. The minimum Gasteiger partial charge on any atom is -0.359 e. The number of hydrogen-bond donors (Lipinski definition) is 2. The first kappa shape index (κ1) is 18.5. The summed E-state index contributed by atoms with van der Waals surface area (Å²) >= 11 is 7.21. The lowest BCUT2D eigenvalue weighted by Crippen LogP contribution is -2.05. The SMILES string of the molecule is C=C(Cc1c(F)cccc1Cl)Nc1ccc(-n2cc(C)cn2)c(SN)c1. The monoisotopic (exact) mass is 388 g/mol. The van der Waals surface area contributed by atoms with Crippen LogP contribution in [0.4, 0.5) is 10.1 Å². The second-order valence-electron chi connectivity index (χ2n) is 5.87. The lowest BCUT2D eigenvalue weighted by atomic mass is 10.1. The molecule has 0 saturated carbocycles. The molecule has 0 spiro atoms. The molecule has 0 amide bonds. The van der Waals surface area contributed by atoms with Crippen molar-refractivity contribution in [2.24, 2.45) is 5.14 Å². The standard InChI is InChI=1S/C19H18ClFN4S/c1-12-10-23-25(11-12)18-7-6-14(9-19(18)26-22)24-13(2)8-15-16(20)4-3-5-17(15)21/h3-7,9-11,24H,2,8,22H2,1H3. The van der Waals surface area contributed by atoms with Gasteiger partial charge in [0.2, 0.25) is 0 Å². The van der Waals surface area contributed by atoms with Crippen LogP contribution in [0.3, 0.4) is 0 Å². The number of aromatic nitrogens is 2. The van der Waals surface area contributed by atoms with Crippen LogP contribution in [0.25, 0.3) is 5.69 Å². The summed E-state index contributed by atoms with van der Waals surface area (Å²) < 4.78 is 15.7. The Labute approximate surface area is 161 Å². The van der Waals surface area contributed by atoms with Crippen LogP contribution in [0.2, 0.25) is 5.02 Å². The predicted octanol–water partition coefficient (Wildman–Crippen LogP) is 5.11. The number of hydrogen-bond acceptors (Lipinski definition) is 4. The number of nitrogens with zero attached hydrogens (tertiary/aromatic N) is 2. The van der Waals surface area contributed by atoms with E-state index in [9.17, 15) is 4.39 Å². The molecule has 0 bridgehead atoms. The normalized spacial score (nSPS) is 10.8. The van der Waals surface area contributed by atoms with E-state index in [1.54, 1.807) is 23.0 Å². The van der Waals surface area contributed by atoms with Crippen molar-refractivity contribution in [2.45, 2.75) is 18.2 Å². The van der Waals surface area contributed by atoms with Crippen LogP contribution in [-0.4, -0.2) is 9.78 Å².